The van der Waals surface area contributed by atoms with Crippen molar-refractivity contribution in [1.29, 1.82) is 0 Å². The molecule has 0 aliphatic rings. The van der Waals surface area contributed by atoms with E-state index in [2.05, 4.69) is 36.0 Å². The van der Waals surface area contributed by atoms with Crippen LogP contribution >= 0.6 is 23.2 Å². The highest BCUT2D eigenvalue weighted by molar-refractivity contribution is 6.37. The Morgan fingerprint density at radius 1 is 1.30 bits per heavy atom. The molecule has 1 rings (SSSR count). The first-order chi connectivity index (χ1) is 9.47. The Hall–Kier alpha value is -0.710. The highest BCUT2D eigenvalue weighted by atomic mass is 35.5. The van der Waals surface area contributed by atoms with Crippen LogP contribution in [0.5, 0.6) is 0 Å². The van der Waals surface area contributed by atoms with E-state index < -0.39 is 0 Å². The Balaban J connectivity index is 2.46. The van der Waals surface area contributed by atoms with Crippen LogP contribution in [0.4, 0.5) is 11.6 Å². The van der Waals surface area contributed by atoms with Gasteiger partial charge >= 0.3 is 0 Å². The Morgan fingerprint density at radius 2 is 1.95 bits per heavy atom. The minimum atomic E-state index is 0.288. The number of pyridine rings is 1. The maximum absolute atomic E-state index is 6.10. The van der Waals surface area contributed by atoms with Gasteiger partial charge in [-0.25, -0.2) is 4.98 Å². The van der Waals surface area contributed by atoms with Gasteiger partial charge in [-0.3, -0.25) is 0 Å². The molecule has 0 spiro atoms. The monoisotopic (exact) mass is 318 g/mol. The van der Waals surface area contributed by atoms with Crippen LogP contribution < -0.4 is 11.1 Å². The van der Waals surface area contributed by atoms with E-state index in [1.807, 2.05) is 0 Å². The summed E-state index contributed by atoms with van der Waals surface area (Å²) in [7, 11) is 0. The number of nitrogens with zero attached hydrogens (tertiary/aromatic N) is 2. The minimum absolute atomic E-state index is 0.288. The summed E-state index contributed by atoms with van der Waals surface area (Å²) in [5.74, 6) is 0.901. The van der Waals surface area contributed by atoms with Gasteiger partial charge in [-0.05, 0) is 45.5 Å². The largest absolute Gasteiger partial charge is 0.382 e. The average molecular weight is 319 g/mol. The standard InChI is InChI=1S/C14H24Cl2N4/c1-4-20(5-2)8-6-7-10(3)18-14-12(16)9-11(15)13(17)19-14/h9-10H,4-8H2,1-3H3,(H3,17,18,19). The summed E-state index contributed by atoms with van der Waals surface area (Å²) < 4.78 is 0. The Labute approximate surface area is 131 Å². The van der Waals surface area contributed by atoms with E-state index in [4.69, 9.17) is 28.9 Å². The second kappa shape index (κ2) is 8.55. The molecular weight excluding hydrogens is 295 g/mol. The summed E-state index contributed by atoms with van der Waals surface area (Å²) in [5, 5.41) is 4.17. The number of hydrogen-bond acceptors (Lipinski definition) is 4. The third-order valence-corrected chi connectivity index (χ3v) is 3.94. The van der Waals surface area contributed by atoms with E-state index in [-0.39, 0.29) is 6.04 Å². The molecule has 114 valence electrons. The number of aromatic nitrogens is 1. The van der Waals surface area contributed by atoms with E-state index >= 15 is 0 Å². The lowest BCUT2D eigenvalue weighted by Crippen LogP contribution is -2.25. The van der Waals surface area contributed by atoms with Gasteiger partial charge in [-0.1, -0.05) is 37.0 Å². The van der Waals surface area contributed by atoms with Crippen molar-refractivity contribution < 1.29 is 0 Å². The summed E-state index contributed by atoms with van der Waals surface area (Å²) >= 11 is 12.0. The molecule has 4 nitrogen and oxygen atoms in total. The minimum Gasteiger partial charge on any atom is -0.382 e. The molecule has 1 heterocycles. The summed E-state index contributed by atoms with van der Waals surface area (Å²) in [6.45, 7) is 9.80. The van der Waals surface area contributed by atoms with Gasteiger partial charge in [0.05, 0.1) is 10.0 Å². The third-order valence-electron chi connectivity index (χ3n) is 3.35. The van der Waals surface area contributed by atoms with Gasteiger partial charge in [0.15, 0.2) is 0 Å². The van der Waals surface area contributed by atoms with Crippen LogP contribution in [0.2, 0.25) is 10.0 Å². The van der Waals surface area contributed by atoms with E-state index in [1.165, 1.54) is 0 Å². The van der Waals surface area contributed by atoms with Crippen LogP contribution in [0.25, 0.3) is 0 Å². The van der Waals surface area contributed by atoms with Gasteiger partial charge < -0.3 is 16.0 Å². The third kappa shape index (κ3) is 5.35. The lowest BCUT2D eigenvalue weighted by molar-refractivity contribution is 0.295. The van der Waals surface area contributed by atoms with E-state index in [9.17, 15) is 0 Å². The fraction of sp³-hybridized carbons (Fsp3) is 0.643. The molecule has 0 saturated heterocycles. The SMILES string of the molecule is CCN(CC)CCCC(C)Nc1nc(N)c(Cl)cc1Cl. The molecule has 0 fully saturated rings. The molecule has 0 aromatic carbocycles. The number of nitrogens with one attached hydrogen (secondary N) is 1. The van der Waals surface area contributed by atoms with Crippen LogP contribution in [-0.2, 0) is 0 Å². The molecule has 3 N–H and O–H groups in total. The molecule has 20 heavy (non-hydrogen) atoms. The molecule has 1 atom stereocenters. The smallest absolute Gasteiger partial charge is 0.147 e. The normalized spacial score (nSPS) is 12.7. The van der Waals surface area contributed by atoms with Crippen LogP contribution in [0.1, 0.15) is 33.6 Å². The number of nitrogen functional groups attached to an aromatic ring is 1. The number of hydrogen-bond donors (Lipinski definition) is 2. The van der Waals surface area contributed by atoms with Crippen LogP contribution in [0.3, 0.4) is 0 Å². The predicted octanol–water partition coefficient (Wildman–Crippen LogP) is 3.89. The molecule has 1 aromatic heterocycles. The first kappa shape index (κ1) is 17.3. The van der Waals surface area contributed by atoms with Crippen molar-refractivity contribution in [1.82, 2.24) is 9.88 Å². The van der Waals surface area contributed by atoms with Crippen molar-refractivity contribution in [2.24, 2.45) is 0 Å². The fourth-order valence-corrected chi connectivity index (χ4v) is 2.46. The van der Waals surface area contributed by atoms with E-state index in [0.717, 1.165) is 32.5 Å². The van der Waals surface area contributed by atoms with Gasteiger partial charge in [-0.2, -0.15) is 0 Å². The van der Waals surface area contributed by atoms with Crippen LogP contribution in [0, 0.1) is 0 Å². The summed E-state index contributed by atoms with van der Waals surface area (Å²) in [6, 6.07) is 1.91. The molecule has 0 radical (unpaired) electrons. The zero-order valence-corrected chi connectivity index (χ0v) is 13.9. The molecule has 0 bridgehead atoms. The van der Waals surface area contributed by atoms with Gasteiger partial charge in [-0.15, -0.1) is 0 Å². The highest BCUT2D eigenvalue weighted by Gasteiger charge is 2.10. The molecule has 6 heteroatoms. The van der Waals surface area contributed by atoms with Gasteiger partial charge in [0.25, 0.3) is 0 Å². The Morgan fingerprint density at radius 3 is 2.55 bits per heavy atom. The van der Waals surface area contributed by atoms with Gasteiger partial charge in [0, 0.05) is 6.04 Å². The van der Waals surface area contributed by atoms with Gasteiger partial charge in [0.1, 0.15) is 11.6 Å². The zero-order valence-electron chi connectivity index (χ0n) is 12.4. The van der Waals surface area contributed by atoms with Crippen molar-refractivity contribution in [3.05, 3.63) is 16.1 Å². The van der Waals surface area contributed by atoms with Crippen molar-refractivity contribution in [3.8, 4) is 0 Å². The molecule has 1 unspecified atom stereocenters. The summed E-state index contributed by atoms with van der Waals surface area (Å²) in [4.78, 5) is 6.60. The maximum Gasteiger partial charge on any atom is 0.147 e. The van der Waals surface area contributed by atoms with E-state index in [1.54, 1.807) is 6.07 Å². The van der Waals surface area contributed by atoms with Gasteiger partial charge in [0.2, 0.25) is 0 Å². The molecule has 0 amide bonds. The summed E-state index contributed by atoms with van der Waals surface area (Å²) in [5.41, 5.74) is 5.69. The molecule has 0 aliphatic heterocycles. The fourth-order valence-electron chi connectivity index (χ4n) is 2.05. The molecular formula is C14H24Cl2N4. The molecule has 1 aromatic rings. The first-order valence-electron chi connectivity index (χ1n) is 7.08. The van der Waals surface area contributed by atoms with Crippen molar-refractivity contribution in [2.75, 3.05) is 30.7 Å². The zero-order chi connectivity index (χ0) is 15.1. The van der Waals surface area contributed by atoms with Crippen LogP contribution in [-0.4, -0.2) is 35.6 Å². The lowest BCUT2D eigenvalue weighted by atomic mass is 10.1. The maximum atomic E-state index is 6.10. The molecule has 0 aliphatic carbocycles. The van der Waals surface area contributed by atoms with Crippen molar-refractivity contribution >= 4 is 34.8 Å². The first-order valence-corrected chi connectivity index (χ1v) is 7.83. The summed E-state index contributed by atoms with van der Waals surface area (Å²) in [6.07, 6.45) is 2.19. The Kier molecular flexibility index (Phi) is 7.41. The second-order valence-corrected chi connectivity index (χ2v) is 5.71. The Bertz CT molecular complexity index is 422. The second-order valence-electron chi connectivity index (χ2n) is 4.90. The topological polar surface area (TPSA) is 54.2 Å². The van der Waals surface area contributed by atoms with Crippen LogP contribution in [0.15, 0.2) is 6.07 Å². The number of anilines is 2. The number of halogens is 2. The highest BCUT2D eigenvalue weighted by Crippen LogP contribution is 2.28. The predicted molar refractivity (Wildman–Crippen MR) is 88.8 cm³/mol. The quantitative estimate of drug-likeness (QED) is 0.763. The average Bonchev–Trinajstić information content (AvgIpc) is 2.41. The number of rotatable bonds is 8. The van der Waals surface area contributed by atoms with Crippen molar-refractivity contribution in [2.45, 2.75) is 39.7 Å². The number of nitrogens with two attached hydrogens (primary N) is 1. The molecule has 0 saturated carbocycles. The van der Waals surface area contributed by atoms with Crippen molar-refractivity contribution in [3.63, 3.8) is 0 Å². The van der Waals surface area contributed by atoms with E-state index in [0.29, 0.717) is 21.7 Å². The lowest BCUT2D eigenvalue weighted by Gasteiger charge is -2.20.